The van der Waals surface area contributed by atoms with Gasteiger partial charge in [-0.1, -0.05) is 32.9 Å². The van der Waals surface area contributed by atoms with Crippen molar-refractivity contribution in [3.63, 3.8) is 0 Å². The number of benzene rings is 1. The van der Waals surface area contributed by atoms with Gasteiger partial charge in [0.2, 0.25) is 5.95 Å². The molecule has 0 radical (unpaired) electrons. The molecule has 1 aliphatic heterocycles. The van der Waals surface area contributed by atoms with E-state index >= 15 is 4.39 Å². The van der Waals surface area contributed by atoms with Crippen LogP contribution in [0.1, 0.15) is 70.0 Å². The van der Waals surface area contributed by atoms with Gasteiger partial charge in [-0.25, -0.2) is 19.2 Å². The van der Waals surface area contributed by atoms with Gasteiger partial charge in [-0.05, 0) is 57.0 Å². The van der Waals surface area contributed by atoms with E-state index < -0.39 is 44.1 Å². The molecule has 0 aliphatic carbocycles. The Balaban J connectivity index is 1.92. The Morgan fingerprint density at radius 2 is 1.82 bits per heavy atom. The number of aromatic nitrogens is 2. The number of carbonyl (C=O) groups excluding carboxylic acids is 1. The average molecular weight is 570 g/mol. The van der Waals surface area contributed by atoms with Crippen LogP contribution in [0.5, 0.6) is 0 Å². The molecule has 39 heavy (non-hydrogen) atoms. The number of anilines is 1. The third kappa shape index (κ3) is 7.27. The van der Waals surface area contributed by atoms with Gasteiger partial charge < -0.3 is 20.0 Å². The average Bonchev–Trinajstić information content (AvgIpc) is 2.80. The van der Waals surface area contributed by atoms with Crippen LogP contribution in [0.4, 0.5) is 28.3 Å². The van der Waals surface area contributed by atoms with Crippen LogP contribution in [0, 0.1) is 5.82 Å². The molecule has 2 atom stereocenters. The molecule has 0 fully saturated rings. The zero-order valence-corrected chi connectivity index (χ0v) is 24.8. The first kappa shape index (κ1) is 30.8. The van der Waals surface area contributed by atoms with Crippen LogP contribution in [0.25, 0.3) is 0 Å². The highest BCUT2D eigenvalue weighted by atomic mass is 28.4. The molecule has 2 aromatic rings. The summed E-state index contributed by atoms with van der Waals surface area (Å²) in [5.41, 5.74) is -0.0505. The van der Waals surface area contributed by atoms with E-state index in [1.165, 1.54) is 11.0 Å². The van der Waals surface area contributed by atoms with Crippen molar-refractivity contribution in [2.24, 2.45) is 0 Å². The number of amides is 2. The minimum Gasteiger partial charge on any atom is -0.412 e. The minimum absolute atomic E-state index is 0.122. The number of hydrogen-bond donors (Lipinski definition) is 2. The first-order chi connectivity index (χ1) is 17.9. The SMILES string of the molecule is CC(C)Nc1ncc2c(n1)CN(C(=O)N[C@@H](c1cccc(C(F)(F)F)c1F)[C@@H](C)O[Si](C)(C)C(C)(C)C)CC2. The molecule has 0 saturated heterocycles. The quantitative estimate of drug-likeness (QED) is 0.288. The van der Waals surface area contributed by atoms with Crippen molar-refractivity contribution in [3.05, 3.63) is 52.6 Å². The van der Waals surface area contributed by atoms with Crippen molar-refractivity contribution in [2.45, 2.75) is 97.0 Å². The molecule has 0 saturated carbocycles. The zero-order valence-electron chi connectivity index (χ0n) is 23.8. The third-order valence-electron chi connectivity index (χ3n) is 7.36. The maximum absolute atomic E-state index is 15.3. The Morgan fingerprint density at radius 1 is 1.15 bits per heavy atom. The van der Waals surface area contributed by atoms with Crippen molar-refractivity contribution < 1.29 is 26.8 Å². The lowest BCUT2D eigenvalue weighted by atomic mass is 9.98. The number of hydrogen-bond acceptors (Lipinski definition) is 5. The standard InChI is InChI=1S/C27H39F4N5O2Si/c1-16(2)33-24-32-14-18-12-13-36(15-21(18)34-24)25(37)35-23(17(3)38-39(7,8)26(4,5)6)19-10-9-11-20(22(19)28)27(29,30)31/h9-11,14,16-17,23H,12-13,15H2,1-8H3,(H,35,37)(H,32,33,34)/t17-,23-/m1/s1. The third-order valence-corrected chi connectivity index (χ3v) is 11.9. The summed E-state index contributed by atoms with van der Waals surface area (Å²) in [5.74, 6) is -0.964. The largest absolute Gasteiger partial charge is 0.419 e. The Kier molecular flexibility index (Phi) is 9.01. The van der Waals surface area contributed by atoms with Crippen LogP contribution in [0.3, 0.4) is 0 Å². The van der Waals surface area contributed by atoms with Gasteiger partial charge >= 0.3 is 12.2 Å². The van der Waals surface area contributed by atoms with E-state index in [1.54, 1.807) is 13.1 Å². The number of rotatable bonds is 7. The summed E-state index contributed by atoms with van der Waals surface area (Å²) in [6, 6.07) is 1.54. The van der Waals surface area contributed by atoms with Crippen molar-refractivity contribution in [1.82, 2.24) is 20.2 Å². The van der Waals surface area contributed by atoms with Gasteiger partial charge in [-0.15, -0.1) is 0 Å². The first-order valence-electron chi connectivity index (χ1n) is 13.1. The predicted octanol–water partition coefficient (Wildman–Crippen LogP) is 6.67. The Labute approximate surface area is 228 Å². The number of carbonyl (C=O) groups is 1. The first-order valence-corrected chi connectivity index (χ1v) is 16.0. The lowest BCUT2D eigenvalue weighted by Crippen LogP contribution is -2.50. The highest BCUT2D eigenvalue weighted by Crippen LogP contribution is 2.40. The van der Waals surface area contributed by atoms with Crippen molar-refractivity contribution >= 4 is 20.3 Å². The summed E-state index contributed by atoms with van der Waals surface area (Å²) >= 11 is 0. The number of nitrogens with one attached hydrogen (secondary N) is 2. The van der Waals surface area contributed by atoms with Gasteiger partial charge in [0.05, 0.1) is 29.9 Å². The predicted molar refractivity (Wildman–Crippen MR) is 145 cm³/mol. The molecule has 7 nitrogen and oxygen atoms in total. The summed E-state index contributed by atoms with van der Waals surface area (Å²) in [7, 11) is -2.42. The van der Waals surface area contributed by atoms with Crippen LogP contribution >= 0.6 is 0 Å². The summed E-state index contributed by atoms with van der Waals surface area (Å²) in [6.45, 7) is 16.2. The molecular formula is C27H39F4N5O2Si. The fraction of sp³-hybridized carbons (Fsp3) is 0.593. The van der Waals surface area contributed by atoms with Crippen LogP contribution in [-0.4, -0.2) is 47.9 Å². The number of nitrogens with zero attached hydrogens (tertiary/aromatic N) is 3. The van der Waals surface area contributed by atoms with Gasteiger partial charge in [0.25, 0.3) is 0 Å². The highest BCUT2D eigenvalue weighted by Gasteiger charge is 2.42. The molecule has 0 unspecified atom stereocenters. The van der Waals surface area contributed by atoms with Gasteiger partial charge in [-0.2, -0.15) is 13.2 Å². The molecule has 1 aliphatic rings. The summed E-state index contributed by atoms with van der Waals surface area (Å²) in [5, 5.41) is 5.72. The Bertz CT molecular complexity index is 1180. The number of fused-ring (bicyclic) bond motifs is 1. The Hall–Kier alpha value is -2.73. The fourth-order valence-electron chi connectivity index (χ4n) is 4.19. The molecule has 0 spiro atoms. The number of urea groups is 1. The molecule has 2 amide bonds. The summed E-state index contributed by atoms with van der Waals surface area (Å²) < 4.78 is 62.4. The molecule has 3 rings (SSSR count). The van der Waals surface area contributed by atoms with Crippen LogP contribution in [0.15, 0.2) is 24.4 Å². The summed E-state index contributed by atoms with van der Waals surface area (Å²) in [6.07, 6.45) is -3.42. The number of halogens is 4. The lowest BCUT2D eigenvalue weighted by molar-refractivity contribution is -0.140. The van der Waals surface area contributed by atoms with E-state index in [0.29, 0.717) is 30.7 Å². The van der Waals surface area contributed by atoms with Crippen LogP contribution < -0.4 is 10.6 Å². The maximum Gasteiger partial charge on any atom is 0.419 e. The second kappa shape index (κ2) is 11.4. The van der Waals surface area contributed by atoms with Crippen molar-refractivity contribution in [1.29, 1.82) is 0 Å². The Morgan fingerprint density at radius 3 is 2.41 bits per heavy atom. The lowest BCUT2D eigenvalue weighted by Gasteiger charge is -2.41. The maximum atomic E-state index is 15.3. The van der Waals surface area contributed by atoms with E-state index in [9.17, 15) is 18.0 Å². The van der Waals surface area contributed by atoms with Gasteiger partial charge in [0.15, 0.2) is 8.32 Å². The van der Waals surface area contributed by atoms with E-state index in [-0.39, 0.29) is 23.2 Å². The highest BCUT2D eigenvalue weighted by molar-refractivity contribution is 6.74. The molecule has 2 heterocycles. The smallest absolute Gasteiger partial charge is 0.412 e. The second-order valence-electron chi connectivity index (χ2n) is 11.9. The van der Waals surface area contributed by atoms with Gasteiger partial charge in [0, 0.05) is 24.3 Å². The molecule has 1 aromatic carbocycles. The van der Waals surface area contributed by atoms with Gasteiger partial charge in [0.1, 0.15) is 5.82 Å². The number of alkyl halides is 3. The molecular weight excluding hydrogens is 530 g/mol. The second-order valence-corrected chi connectivity index (χ2v) is 16.6. The van der Waals surface area contributed by atoms with Gasteiger partial charge in [-0.3, -0.25) is 0 Å². The van der Waals surface area contributed by atoms with E-state index in [0.717, 1.165) is 11.6 Å². The van der Waals surface area contributed by atoms with E-state index in [2.05, 4.69) is 20.6 Å². The molecule has 0 bridgehead atoms. The summed E-state index contributed by atoms with van der Waals surface area (Å²) in [4.78, 5) is 23.9. The normalized spacial score (nSPS) is 16.1. The fourth-order valence-corrected chi connectivity index (χ4v) is 5.61. The van der Waals surface area contributed by atoms with E-state index in [1.807, 2.05) is 47.7 Å². The van der Waals surface area contributed by atoms with Crippen molar-refractivity contribution in [3.8, 4) is 0 Å². The molecule has 12 heteroatoms. The van der Waals surface area contributed by atoms with Crippen molar-refractivity contribution in [2.75, 3.05) is 11.9 Å². The van der Waals surface area contributed by atoms with Crippen LogP contribution in [-0.2, 0) is 23.6 Å². The minimum atomic E-state index is -4.88. The van der Waals surface area contributed by atoms with Crippen LogP contribution in [0.2, 0.25) is 18.1 Å². The topological polar surface area (TPSA) is 79.4 Å². The molecule has 1 aromatic heterocycles. The molecule has 216 valence electrons. The monoisotopic (exact) mass is 569 g/mol. The van der Waals surface area contributed by atoms with E-state index in [4.69, 9.17) is 4.43 Å². The molecule has 2 N–H and O–H groups in total. The zero-order chi connectivity index (χ0) is 29.3.